The van der Waals surface area contributed by atoms with E-state index in [-0.39, 0.29) is 23.4 Å². The van der Waals surface area contributed by atoms with Gasteiger partial charge >= 0.3 is 5.97 Å². The maximum Gasteiger partial charge on any atom is 0.310 e. The van der Waals surface area contributed by atoms with Crippen molar-refractivity contribution >= 4 is 16.9 Å². The van der Waals surface area contributed by atoms with Gasteiger partial charge in [0, 0.05) is 29.6 Å². The number of esters is 1. The Morgan fingerprint density at radius 3 is 3.06 bits per heavy atom. The number of hydrogen-bond donors (Lipinski definition) is 2. The van der Waals surface area contributed by atoms with Gasteiger partial charge < -0.3 is 19.8 Å². The minimum absolute atomic E-state index is 0.000157. The lowest BCUT2D eigenvalue weighted by molar-refractivity contribution is -0.145. The average Bonchev–Trinajstić information content (AvgIpc) is 3.29. The zero-order valence-corrected chi connectivity index (χ0v) is 18.9. The number of carbonyl (C=O) groups is 1. The first-order valence-electron chi connectivity index (χ1n) is 11.7. The van der Waals surface area contributed by atoms with Gasteiger partial charge in [-0.25, -0.2) is 0 Å². The lowest BCUT2D eigenvalue weighted by Gasteiger charge is -2.45. The highest BCUT2D eigenvalue weighted by Crippen LogP contribution is 2.54. The zero-order chi connectivity index (χ0) is 21.6. The maximum atomic E-state index is 12.7. The van der Waals surface area contributed by atoms with Gasteiger partial charge in [0.15, 0.2) is 0 Å². The van der Waals surface area contributed by atoms with Crippen LogP contribution in [0.25, 0.3) is 10.9 Å². The molecule has 2 heterocycles. The highest BCUT2D eigenvalue weighted by atomic mass is 16.6. The third-order valence-electron chi connectivity index (χ3n) is 8.09. The van der Waals surface area contributed by atoms with Gasteiger partial charge in [-0.05, 0) is 81.2 Å². The third kappa shape index (κ3) is 3.67. The Kier molecular flexibility index (Phi) is 5.33. The molecule has 0 radical (unpaired) electrons. The van der Waals surface area contributed by atoms with E-state index in [9.17, 15) is 4.79 Å². The molecule has 1 saturated carbocycles. The number of nitrogens with one attached hydrogen (secondary N) is 2. The van der Waals surface area contributed by atoms with E-state index in [0.29, 0.717) is 12.5 Å². The fourth-order valence-electron chi connectivity index (χ4n) is 6.32. The number of aromatic amines is 1. The second-order valence-electron chi connectivity index (χ2n) is 10.0. The largest absolute Gasteiger partial charge is 0.497 e. The number of carbonyl (C=O) groups excluding carboxylic acids is 1. The first kappa shape index (κ1) is 20.6. The molecular formula is C26H34N2O3. The van der Waals surface area contributed by atoms with Gasteiger partial charge in [0.05, 0.1) is 13.0 Å². The lowest BCUT2D eigenvalue weighted by Crippen LogP contribution is -2.40. The summed E-state index contributed by atoms with van der Waals surface area (Å²) in [7, 11) is 1.70. The van der Waals surface area contributed by atoms with E-state index < -0.39 is 0 Å². The molecule has 0 amide bonds. The summed E-state index contributed by atoms with van der Waals surface area (Å²) in [6.07, 6.45) is 8.84. The molecular weight excluding hydrogens is 388 g/mol. The van der Waals surface area contributed by atoms with Crippen molar-refractivity contribution in [2.75, 3.05) is 20.2 Å². The van der Waals surface area contributed by atoms with Crippen LogP contribution in [0, 0.1) is 17.3 Å². The monoisotopic (exact) mass is 422 g/mol. The first-order valence-corrected chi connectivity index (χ1v) is 11.7. The van der Waals surface area contributed by atoms with E-state index >= 15 is 0 Å². The minimum Gasteiger partial charge on any atom is -0.497 e. The van der Waals surface area contributed by atoms with Crippen molar-refractivity contribution in [3.63, 3.8) is 0 Å². The Morgan fingerprint density at radius 1 is 1.35 bits per heavy atom. The summed E-state index contributed by atoms with van der Waals surface area (Å²) < 4.78 is 11.3. The molecule has 0 spiro atoms. The van der Waals surface area contributed by atoms with Gasteiger partial charge in [-0.15, -0.1) is 0 Å². The minimum atomic E-state index is -0.0279. The topological polar surface area (TPSA) is 63.3 Å². The van der Waals surface area contributed by atoms with Crippen molar-refractivity contribution in [2.24, 2.45) is 17.3 Å². The summed E-state index contributed by atoms with van der Waals surface area (Å²) in [5, 5.41) is 4.75. The summed E-state index contributed by atoms with van der Waals surface area (Å²) in [4.78, 5) is 16.0. The van der Waals surface area contributed by atoms with Crippen LogP contribution in [0.3, 0.4) is 0 Å². The van der Waals surface area contributed by atoms with E-state index in [0.717, 1.165) is 37.1 Å². The number of allylic oxidation sites excluding steroid dienone is 2. The van der Waals surface area contributed by atoms with Crippen molar-refractivity contribution in [1.29, 1.82) is 0 Å². The number of H-pyrrole nitrogens is 1. The summed E-state index contributed by atoms with van der Waals surface area (Å²) in [5.74, 6) is 1.17. The maximum absolute atomic E-state index is 12.7. The molecule has 1 unspecified atom stereocenters. The van der Waals surface area contributed by atoms with Gasteiger partial charge in [0.1, 0.15) is 11.9 Å². The summed E-state index contributed by atoms with van der Waals surface area (Å²) in [6.45, 7) is 6.23. The molecule has 0 bridgehead atoms. The molecule has 2 N–H and O–H groups in total. The number of methoxy groups -OCH3 is 1. The standard InChI is InChI=1S/C26H34N2O3/c1-16-5-4-9-26(2)13-24-20(12-22(16)26)21(25(29)31-24)15-27-10-8-17-14-28-23-7-6-18(30-3)11-19(17)23/h6-7,11,14,20-21,24,27-28H,4-5,8-10,12-13,15H2,1-3H3/t20-,21?,24-,26-/m1/s1. The lowest BCUT2D eigenvalue weighted by atomic mass is 9.59. The molecule has 5 nitrogen and oxygen atoms in total. The van der Waals surface area contributed by atoms with Crippen LogP contribution in [-0.4, -0.2) is 37.3 Å². The number of ether oxygens (including phenoxy) is 2. The van der Waals surface area contributed by atoms with Gasteiger partial charge in [-0.2, -0.15) is 0 Å². The number of aromatic nitrogens is 1. The first-order chi connectivity index (χ1) is 15.0. The molecule has 2 aliphatic carbocycles. The molecule has 5 rings (SSSR count). The predicted octanol–water partition coefficient (Wildman–Crippen LogP) is 4.77. The molecule has 1 saturated heterocycles. The van der Waals surface area contributed by atoms with E-state index in [4.69, 9.17) is 9.47 Å². The Bertz CT molecular complexity index is 1020. The van der Waals surface area contributed by atoms with E-state index in [1.54, 1.807) is 18.3 Å². The molecule has 2 aromatic rings. The Hall–Kier alpha value is -2.27. The molecule has 3 aliphatic rings. The normalized spacial score (nSPS) is 30.3. The highest BCUT2D eigenvalue weighted by Gasteiger charge is 2.52. The van der Waals surface area contributed by atoms with Crippen LogP contribution in [0.15, 0.2) is 35.5 Å². The van der Waals surface area contributed by atoms with Crippen molar-refractivity contribution in [2.45, 2.75) is 58.5 Å². The molecule has 1 aromatic carbocycles. The van der Waals surface area contributed by atoms with Gasteiger partial charge in [-0.3, -0.25) is 4.79 Å². The molecule has 2 fully saturated rings. The third-order valence-corrected chi connectivity index (χ3v) is 8.09. The smallest absolute Gasteiger partial charge is 0.310 e. The second kappa shape index (κ2) is 8.01. The van der Waals surface area contributed by atoms with Crippen LogP contribution in [0.4, 0.5) is 0 Å². The fraction of sp³-hybridized carbons (Fsp3) is 0.577. The molecule has 166 valence electrons. The van der Waals surface area contributed by atoms with Crippen LogP contribution in [0.1, 0.15) is 51.5 Å². The summed E-state index contributed by atoms with van der Waals surface area (Å²) >= 11 is 0. The van der Waals surface area contributed by atoms with Gasteiger partial charge in [-0.1, -0.05) is 18.1 Å². The molecule has 4 atom stereocenters. The van der Waals surface area contributed by atoms with Crippen molar-refractivity contribution in [3.05, 3.63) is 41.1 Å². The van der Waals surface area contributed by atoms with Crippen LogP contribution in [0.5, 0.6) is 5.75 Å². The Balaban J connectivity index is 1.22. The summed E-state index contributed by atoms with van der Waals surface area (Å²) in [5.41, 5.74) is 5.82. The van der Waals surface area contributed by atoms with Crippen molar-refractivity contribution < 1.29 is 14.3 Å². The average molecular weight is 423 g/mol. The van der Waals surface area contributed by atoms with Crippen LogP contribution in [-0.2, 0) is 16.0 Å². The fourth-order valence-corrected chi connectivity index (χ4v) is 6.32. The molecule has 1 aromatic heterocycles. The number of hydrogen-bond acceptors (Lipinski definition) is 4. The second-order valence-corrected chi connectivity index (χ2v) is 10.0. The van der Waals surface area contributed by atoms with E-state index in [1.807, 2.05) is 6.07 Å². The van der Waals surface area contributed by atoms with Gasteiger partial charge in [0.2, 0.25) is 0 Å². The van der Waals surface area contributed by atoms with Crippen LogP contribution < -0.4 is 10.1 Å². The van der Waals surface area contributed by atoms with Crippen molar-refractivity contribution in [3.8, 4) is 5.75 Å². The number of benzene rings is 1. The highest BCUT2D eigenvalue weighted by molar-refractivity contribution is 5.84. The number of rotatable bonds is 6. The van der Waals surface area contributed by atoms with E-state index in [1.165, 1.54) is 30.2 Å². The Morgan fingerprint density at radius 2 is 2.23 bits per heavy atom. The molecule has 5 heteroatoms. The quantitative estimate of drug-likeness (QED) is 0.400. The van der Waals surface area contributed by atoms with Crippen LogP contribution in [0.2, 0.25) is 0 Å². The van der Waals surface area contributed by atoms with E-state index in [2.05, 4.69) is 42.5 Å². The predicted molar refractivity (Wildman–Crippen MR) is 122 cm³/mol. The Labute approximate surface area is 184 Å². The number of fused-ring (bicyclic) bond motifs is 3. The van der Waals surface area contributed by atoms with Gasteiger partial charge in [0.25, 0.3) is 0 Å². The van der Waals surface area contributed by atoms with Crippen LogP contribution >= 0.6 is 0 Å². The van der Waals surface area contributed by atoms with Crippen molar-refractivity contribution in [1.82, 2.24) is 10.3 Å². The SMILES string of the molecule is COc1ccc2[nH]cc(CCNCC3C(=O)O[C@@H]4C[C@@]5(C)CCCC(C)=C5C[C@H]34)c2c1. The molecule has 1 aliphatic heterocycles. The summed E-state index contributed by atoms with van der Waals surface area (Å²) in [6, 6.07) is 6.11. The molecule has 31 heavy (non-hydrogen) atoms. The zero-order valence-electron chi connectivity index (χ0n) is 18.9.